The number of carbonyl (C=O) groups is 1. The molecule has 0 atom stereocenters. The molecule has 0 aromatic heterocycles. The lowest BCUT2D eigenvalue weighted by Gasteiger charge is -2.29. The van der Waals surface area contributed by atoms with Crippen LogP contribution in [-0.4, -0.2) is 50.1 Å². The molecule has 0 radical (unpaired) electrons. The molecule has 114 valence electrons. The van der Waals surface area contributed by atoms with Crippen molar-refractivity contribution in [1.29, 1.82) is 0 Å². The third kappa shape index (κ3) is 8.45. The van der Waals surface area contributed by atoms with Crippen LogP contribution in [0.2, 0.25) is 0 Å². The molecule has 1 heterocycles. The van der Waals surface area contributed by atoms with Crippen LogP contribution < -0.4 is 10.6 Å². The predicted molar refractivity (Wildman–Crippen MR) is 82.9 cm³/mol. The number of halogens is 1. The van der Waals surface area contributed by atoms with Crippen molar-refractivity contribution >= 4 is 18.3 Å². The summed E-state index contributed by atoms with van der Waals surface area (Å²) in [6.07, 6.45) is 4.62. The van der Waals surface area contributed by atoms with Gasteiger partial charge in [0.25, 0.3) is 0 Å². The third-order valence-corrected chi connectivity index (χ3v) is 3.45. The standard InChI is InChI=1S/C14H29N3O.ClH/c1-3-7-16-14(18)12-17(10-4-2)11-13-5-8-15-9-6-13;/h13,15H,3-12H2,1-2H3,(H,16,18);1H. The smallest absolute Gasteiger partial charge is 0.234 e. The maximum Gasteiger partial charge on any atom is 0.234 e. The fourth-order valence-electron chi connectivity index (χ4n) is 2.50. The Morgan fingerprint density at radius 1 is 1.26 bits per heavy atom. The van der Waals surface area contributed by atoms with Crippen molar-refractivity contribution in [3.05, 3.63) is 0 Å². The van der Waals surface area contributed by atoms with Crippen LogP contribution in [0, 0.1) is 5.92 Å². The Bertz CT molecular complexity index is 233. The highest BCUT2D eigenvalue weighted by atomic mass is 35.5. The Balaban J connectivity index is 0.00000324. The van der Waals surface area contributed by atoms with Gasteiger partial charge in [0, 0.05) is 13.1 Å². The molecule has 2 N–H and O–H groups in total. The van der Waals surface area contributed by atoms with Gasteiger partial charge in [-0.25, -0.2) is 0 Å². The Kier molecular flexibility index (Phi) is 11.3. The summed E-state index contributed by atoms with van der Waals surface area (Å²) < 4.78 is 0. The molecule has 0 aromatic carbocycles. The van der Waals surface area contributed by atoms with Gasteiger partial charge >= 0.3 is 0 Å². The molecule has 0 spiro atoms. The highest BCUT2D eigenvalue weighted by Gasteiger charge is 2.18. The summed E-state index contributed by atoms with van der Waals surface area (Å²) in [6, 6.07) is 0. The molecule has 1 aliphatic heterocycles. The maximum atomic E-state index is 11.8. The SMILES string of the molecule is CCCNC(=O)CN(CCC)CC1CCNCC1.Cl. The average Bonchev–Trinajstić information content (AvgIpc) is 2.38. The summed E-state index contributed by atoms with van der Waals surface area (Å²) in [5.74, 6) is 0.941. The van der Waals surface area contributed by atoms with Gasteiger partial charge < -0.3 is 10.6 Å². The number of hydrogen-bond donors (Lipinski definition) is 2. The number of carbonyl (C=O) groups excluding carboxylic acids is 1. The minimum absolute atomic E-state index is 0. The summed E-state index contributed by atoms with van der Waals surface area (Å²) in [7, 11) is 0. The quantitative estimate of drug-likeness (QED) is 0.715. The minimum Gasteiger partial charge on any atom is -0.355 e. The predicted octanol–water partition coefficient (Wildman–Crippen LogP) is 1.65. The lowest BCUT2D eigenvalue weighted by Crippen LogP contribution is -2.42. The Labute approximate surface area is 124 Å². The van der Waals surface area contributed by atoms with Crippen molar-refractivity contribution in [3.8, 4) is 0 Å². The second-order valence-electron chi connectivity index (χ2n) is 5.28. The van der Waals surface area contributed by atoms with Gasteiger partial charge in [-0.2, -0.15) is 0 Å². The van der Waals surface area contributed by atoms with Crippen molar-refractivity contribution in [2.24, 2.45) is 5.92 Å². The topological polar surface area (TPSA) is 44.4 Å². The molecule has 1 rings (SSSR count). The summed E-state index contributed by atoms with van der Waals surface area (Å²) in [5, 5.41) is 6.36. The van der Waals surface area contributed by atoms with Gasteiger partial charge in [0.05, 0.1) is 6.54 Å². The summed E-state index contributed by atoms with van der Waals surface area (Å²) in [6.45, 7) is 10.0. The molecule has 0 unspecified atom stereocenters. The largest absolute Gasteiger partial charge is 0.355 e. The monoisotopic (exact) mass is 291 g/mol. The van der Waals surface area contributed by atoms with E-state index in [1.54, 1.807) is 0 Å². The van der Waals surface area contributed by atoms with Crippen LogP contribution >= 0.6 is 12.4 Å². The van der Waals surface area contributed by atoms with Crippen LogP contribution in [-0.2, 0) is 4.79 Å². The van der Waals surface area contributed by atoms with E-state index in [1.807, 2.05) is 0 Å². The van der Waals surface area contributed by atoms with Gasteiger partial charge in [-0.15, -0.1) is 12.4 Å². The van der Waals surface area contributed by atoms with E-state index in [1.165, 1.54) is 12.8 Å². The van der Waals surface area contributed by atoms with Gasteiger partial charge in [-0.1, -0.05) is 13.8 Å². The average molecular weight is 292 g/mol. The number of amides is 1. The van der Waals surface area contributed by atoms with Crippen LogP contribution in [0.3, 0.4) is 0 Å². The molecule has 4 nitrogen and oxygen atoms in total. The zero-order chi connectivity index (χ0) is 13.2. The van der Waals surface area contributed by atoms with Gasteiger partial charge in [-0.05, 0) is 51.2 Å². The van der Waals surface area contributed by atoms with Gasteiger partial charge in [0.15, 0.2) is 0 Å². The molecular formula is C14H30ClN3O. The van der Waals surface area contributed by atoms with E-state index < -0.39 is 0 Å². The number of rotatable bonds is 8. The number of hydrogen-bond acceptors (Lipinski definition) is 3. The fraction of sp³-hybridized carbons (Fsp3) is 0.929. The van der Waals surface area contributed by atoms with E-state index in [9.17, 15) is 4.79 Å². The van der Waals surface area contributed by atoms with Crippen molar-refractivity contribution in [3.63, 3.8) is 0 Å². The Morgan fingerprint density at radius 3 is 2.53 bits per heavy atom. The number of nitrogens with one attached hydrogen (secondary N) is 2. The lowest BCUT2D eigenvalue weighted by molar-refractivity contribution is -0.122. The van der Waals surface area contributed by atoms with E-state index in [2.05, 4.69) is 29.4 Å². The van der Waals surface area contributed by atoms with E-state index >= 15 is 0 Å². The molecule has 19 heavy (non-hydrogen) atoms. The molecule has 0 saturated carbocycles. The molecule has 1 saturated heterocycles. The van der Waals surface area contributed by atoms with Crippen molar-refractivity contribution in [2.75, 3.05) is 39.3 Å². The second kappa shape index (κ2) is 11.5. The summed E-state index contributed by atoms with van der Waals surface area (Å²) in [4.78, 5) is 14.1. The summed E-state index contributed by atoms with van der Waals surface area (Å²) in [5.41, 5.74) is 0. The molecule has 0 aliphatic carbocycles. The van der Waals surface area contributed by atoms with Crippen LogP contribution in [0.25, 0.3) is 0 Å². The lowest BCUT2D eigenvalue weighted by atomic mass is 9.97. The zero-order valence-electron chi connectivity index (χ0n) is 12.4. The first-order chi connectivity index (χ1) is 8.76. The molecule has 1 amide bonds. The van der Waals surface area contributed by atoms with Crippen molar-refractivity contribution in [2.45, 2.75) is 39.5 Å². The van der Waals surface area contributed by atoms with E-state index in [-0.39, 0.29) is 18.3 Å². The molecule has 1 aliphatic rings. The molecule has 5 heteroatoms. The Hall–Kier alpha value is -0.320. The highest BCUT2D eigenvalue weighted by molar-refractivity contribution is 5.85. The molecule has 1 fully saturated rings. The van der Waals surface area contributed by atoms with Crippen LogP contribution in [0.1, 0.15) is 39.5 Å². The molecule has 0 bridgehead atoms. The molecular weight excluding hydrogens is 262 g/mol. The Morgan fingerprint density at radius 2 is 1.95 bits per heavy atom. The normalized spacial score (nSPS) is 16.2. The molecule has 0 aromatic rings. The third-order valence-electron chi connectivity index (χ3n) is 3.45. The van der Waals surface area contributed by atoms with Gasteiger partial charge in [0.1, 0.15) is 0 Å². The van der Waals surface area contributed by atoms with E-state index in [0.717, 1.165) is 51.5 Å². The van der Waals surface area contributed by atoms with Crippen LogP contribution in [0.15, 0.2) is 0 Å². The highest BCUT2D eigenvalue weighted by Crippen LogP contribution is 2.13. The number of nitrogens with zero attached hydrogens (tertiary/aromatic N) is 1. The van der Waals surface area contributed by atoms with Crippen LogP contribution in [0.5, 0.6) is 0 Å². The fourth-order valence-corrected chi connectivity index (χ4v) is 2.50. The van der Waals surface area contributed by atoms with Crippen molar-refractivity contribution < 1.29 is 4.79 Å². The first kappa shape index (κ1) is 18.7. The summed E-state index contributed by atoms with van der Waals surface area (Å²) >= 11 is 0. The minimum atomic E-state index is 0. The van der Waals surface area contributed by atoms with E-state index in [4.69, 9.17) is 0 Å². The number of piperidine rings is 1. The van der Waals surface area contributed by atoms with Gasteiger partial charge in [0.2, 0.25) is 5.91 Å². The maximum absolute atomic E-state index is 11.8. The first-order valence-corrected chi connectivity index (χ1v) is 7.46. The van der Waals surface area contributed by atoms with Gasteiger partial charge in [-0.3, -0.25) is 9.69 Å². The van der Waals surface area contributed by atoms with E-state index in [0.29, 0.717) is 6.54 Å². The zero-order valence-corrected chi connectivity index (χ0v) is 13.2. The van der Waals surface area contributed by atoms with Crippen LogP contribution in [0.4, 0.5) is 0 Å². The van der Waals surface area contributed by atoms with Crippen molar-refractivity contribution in [1.82, 2.24) is 15.5 Å². The first-order valence-electron chi connectivity index (χ1n) is 7.46. The second-order valence-corrected chi connectivity index (χ2v) is 5.28.